The van der Waals surface area contributed by atoms with Crippen LogP contribution in [0.5, 0.6) is 11.6 Å². The van der Waals surface area contributed by atoms with Crippen LogP contribution in [0.1, 0.15) is 58.8 Å². The highest BCUT2D eigenvalue weighted by Gasteiger charge is 2.62. The lowest BCUT2D eigenvalue weighted by atomic mass is 9.88. The number of carbonyl (C=O) groups excluding carboxylic acids is 3. The lowest BCUT2D eigenvalue weighted by Gasteiger charge is -2.32. The molecule has 282 valence electrons. The maximum absolute atomic E-state index is 14.4. The number of sulfonamides is 1. The first-order chi connectivity index (χ1) is 24.6. The van der Waals surface area contributed by atoms with Gasteiger partial charge in [-0.05, 0) is 80.0 Å². The smallest absolute Gasteiger partial charge is 0.405 e. The van der Waals surface area contributed by atoms with E-state index in [0.717, 1.165) is 11.8 Å². The number of carboxylic acid groups (broad SMARTS) is 1. The van der Waals surface area contributed by atoms with Gasteiger partial charge in [-0.15, -0.1) is 0 Å². The molecule has 0 unspecified atom stereocenters. The molecule has 0 radical (unpaired) electrons. The Hall–Kier alpha value is -4.60. The molecule has 0 spiro atoms. The van der Waals surface area contributed by atoms with Gasteiger partial charge in [0.1, 0.15) is 35.3 Å². The van der Waals surface area contributed by atoms with Crippen LogP contribution in [0.2, 0.25) is 0 Å². The number of carbonyl (C=O) groups is 4. The molecule has 2 aliphatic heterocycles. The Morgan fingerprint density at radius 1 is 1.12 bits per heavy atom. The van der Waals surface area contributed by atoms with Crippen LogP contribution in [0.15, 0.2) is 36.4 Å². The third-order valence-electron chi connectivity index (χ3n) is 10.6. The SMILES string of the molecule is COc1ccc2c(O[C@@H]3C[C@H]4C(=O)N[C@]5(C(=O)NS(=O)(=O)C6CC6)C[C@H]5/C=C\CC[C@H](C)C[C@@H](C)[C@H](NC(=O)O)C(=O)N4C3)nc(N(C)C)cc2c1. The first kappa shape index (κ1) is 37.2. The fourth-order valence-electron chi connectivity index (χ4n) is 7.43. The molecular weight excluding hydrogens is 692 g/mol. The standard InChI is InChI=1S/C36H48N6O9S/c1-20-8-6-7-9-23-18-36(23,34(45)40-52(48,49)26-11-12-26)39-31(43)28-17-25(19-42(28)33(44)30(21(2)14-20)38-35(46)47)51-32-27-13-10-24(50-5)15-22(27)16-29(37-32)41(3)4/h7,9-10,13,15-16,20-21,23,25-26,28,30,38H,6,8,11-12,14,17-19H2,1-5H3,(H,39,43)(H,40,45)(H,46,47)/b9-7-/t20-,21+,23+,25+,28-,30-,36+/m0/s1. The van der Waals surface area contributed by atoms with E-state index in [1.54, 1.807) is 13.2 Å². The summed E-state index contributed by atoms with van der Waals surface area (Å²) in [5.74, 6) is -1.28. The largest absolute Gasteiger partial charge is 0.497 e. The predicted octanol–water partition coefficient (Wildman–Crippen LogP) is 2.79. The van der Waals surface area contributed by atoms with Gasteiger partial charge in [-0.2, -0.15) is 4.98 Å². The first-order valence-corrected chi connectivity index (χ1v) is 19.3. The Balaban J connectivity index is 1.36. The van der Waals surface area contributed by atoms with E-state index in [9.17, 15) is 32.7 Å². The lowest BCUT2D eigenvalue weighted by molar-refractivity contribution is -0.142. The van der Waals surface area contributed by atoms with Crippen molar-refractivity contribution < 1.29 is 42.2 Å². The number of allylic oxidation sites excluding steroid dienone is 1. The van der Waals surface area contributed by atoms with Crippen molar-refractivity contribution in [2.75, 3.05) is 32.6 Å². The summed E-state index contributed by atoms with van der Waals surface area (Å²) in [6.45, 7) is 3.78. The second kappa shape index (κ2) is 14.4. The maximum atomic E-state index is 14.4. The zero-order valence-corrected chi connectivity index (χ0v) is 30.9. The normalized spacial score (nSPS) is 30.1. The van der Waals surface area contributed by atoms with Crippen LogP contribution < -0.4 is 29.7 Å². The van der Waals surface area contributed by atoms with E-state index in [2.05, 4.69) is 15.4 Å². The third kappa shape index (κ3) is 7.76. The zero-order chi connectivity index (χ0) is 37.5. The molecule has 52 heavy (non-hydrogen) atoms. The minimum Gasteiger partial charge on any atom is -0.497 e. The molecule has 6 rings (SSSR count). The van der Waals surface area contributed by atoms with Crippen LogP contribution in [0.3, 0.4) is 0 Å². The minimum atomic E-state index is -3.91. The van der Waals surface area contributed by atoms with Crippen molar-refractivity contribution in [3.63, 3.8) is 0 Å². The number of methoxy groups -OCH3 is 1. The van der Waals surface area contributed by atoms with E-state index < -0.39 is 74.7 Å². The molecule has 1 aromatic heterocycles. The molecular formula is C36H48N6O9S. The molecule has 1 saturated heterocycles. The van der Waals surface area contributed by atoms with Crippen molar-refractivity contribution in [2.24, 2.45) is 17.8 Å². The summed E-state index contributed by atoms with van der Waals surface area (Å²) in [5.41, 5.74) is -1.53. The monoisotopic (exact) mass is 740 g/mol. The van der Waals surface area contributed by atoms with Crippen LogP contribution in [-0.2, 0) is 24.4 Å². The second-order valence-electron chi connectivity index (χ2n) is 14.9. The van der Waals surface area contributed by atoms with Crippen LogP contribution in [0.4, 0.5) is 10.6 Å². The minimum absolute atomic E-state index is 0.00620. The number of nitrogens with zero attached hydrogens (tertiary/aromatic N) is 3. The molecule has 3 heterocycles. The highest BCUT2D eigenvalue weighted by Crippen LogP contribution is 2.46. The number of anilines is 1. The topological polar surface area (TPSA) is 197 Å². The van der Waals surface area contributed by atoms with Crippen LogP contribution in [0, 0.1) is 17.8 Å². The zero-order valence-electron chi connectivity index (χ0n) is 30.1. The molecule has 0 bridgehead atoms. The molecule has 2 aliphatic carbocycles. The highest BCUT2D eigenvalue weighted by atomic mass is 32.2. The Labute approximate surface area is 303 Å². The van der Waals surface area contributed by atoms with Crippen molar-refractivity contribution in [1.29, 1.82) is 0 Å². The van der Waals surface area contributed by atoms with E-state index in [1.807, 2.05) is 63.2 Å². The number of rotatable bonds is 8. The number of hydrogen-bond donors (Lipinski definition) is 4. The van der Waals surface area contributed by atoms with Gasteiger partial charge in [0.05, 0.1) is 18.9 Å². The summed E-state index contributed by atoms with van der Waals surface area (Å²) in [6, 6.07) is 5.01. The lowest BCUT2D eigenvalue weighted by Crippen LogP contribution is -2.59. The average molecular weight is 741 g/mol. The van der Waals surface area contributed by atoms with E-state index in [1.165, 1.54) is 4.90 Å². The van der Waals surface area contributed by atoms with E-state index in [-0.39, 0.29) is 31.2 Å². The molecule has 15 nitrogen and oxygen atoms in total. The van der Waals surface area contributed by atoms with Gasteiger partial charge in [0.2, 0.25) is 27.7 Å². The first-order valence-electron chi connectivity index (χ1n) is 17.8. The molecule has 4 N–H and O–H groups in total. The highest BCUT2D eigenvalue weighted by molar-refractivity contribution is 7.91. The van der Waals surface area contributed by atoms with Crippen molar-refractivity contribution in [1.82, 2.24) is 25.2 Å². The summed E-state index contributed by atoms with van der Waals surface area (Å²) in [4.78, 5) is 62.3. The number of fused-ring (bicyclic) bond motifs is 3. The fraction of sp³-hybridized carbons (Fsp3) is 0.583. The molecule has 2 aromatic rings. The number of pyridine rings is 1. The van der Waals surface area contributed by atoms with Gasteiger partial charge in [-0.3, -0.25) is 19.1 Å². The van der Waals surface area contributed by atoms with Crippen LogP contribution in [0.25, 0.3) is 10.8 Å². The number of ether oxygens (including phenoxy) is 2. The molecule has 4 aliphatic rings. The van der Waals surface area contributed by atoms with Crippen LogP contribution >= 0.6 is 0 Å². The van der Waals surface area contributed by atoms with Crippen molar-refractivity contribution >= 4 is 50.4 Å². The second-order valence-corrected chi connectivity index (χ2v) is 16.9. The van der Waals surface area contributed by atoms with Gasteiger partial charge in [-0.25, -0.2) is 13.2 Å². The average Bonchev–Trinajstić information content (AvgIpc) is 4.01. The Morgan fingerprint density at radius 3 is 2.54 bits per heavy atom. The maximum Gasteiger partial charge on any atom is 0.405 e. The van der Waals surface area contributed by atoms with Gasteiger partial charge in [0.25, 0.3) is 5.91 Å². The summed E-state index contributed by atoms with van der Waals surface area (Å²) >= 11 is 0. The van der Waals surface area contributed by atoms with Crippen LogP contribution in [-0.4, -0.2) is 104 Å². The Morgan fingerprint density at radius 2 is 1.87 bits per heavy atom. The predicted molar refractivity (Wildman–Crippen MR) is 192 cm³/mol. The fourth-order valence-corrected chi connectivity index (χ4v) is 8.79. The molecule has 1 aromatic carbocycles. The third-order valence-corrected chi connectivity index (χ3v) is 12.4. The Bertz CT molecular complexity index is 1880. The van der Waals surface area contributed by atoms with Crippen molar-refractivity contribution in [3.8, 4) is 11.6 Å². The summed E-state index contributed by atoms with van der Waals surface area (Å²) in [6.07, 6.45) is 4.72. The summed E-state index contributed by atoms with van der Waals surface area (Å²) in [7, 11) is 1.35. The van der Waals surface area contributed by atoms with E-state index in [4.69, 9.17) is 14.5 Å². The number of amides is 4. The molecule has 3 fully saturated rings. The Kier molecular flexibility index (Phi) is 10.3. The number of hydrogen-bond acceptors (Lipinski definition) is 10. The van der Waals surface area contributed by atoms with Gasteiger partial charge in [0, 0.05) is 31.8 Å². The van der Waals surface area contributed by atoms with Gasteiger partial charge < -0.3 is 35.0 Å². The molecule has 2 saturated carbocycles. The van der Waals surface area contributed by atoms with Crippen molar-refractivity contribution in [2.45, 2.75) is 87.8 Å². The number of benzene rings is 1. The molecule has 16 heteroatoms. The van der Waals surface area contributed by atoms with Gasteiger partial charge >= 0.3 is 6.09 Å². The molecule has 4 amide bonds. The number of aromatic nitrogens is 1. The number of nitrogens with one attached hydrogen (secondary N) is 3. The van der Waals surface area contributed by atoms with Gasteiger partial charge in [0.15, 0.2) is 0 Å². The van der Waals surface area contributed by atoms with E-state index >= 15 is 0 Å². The quantitative estimate of drug-likeness (QED) is 0.291. The van der Waals surface area contributed by atoms with Crippen molar-refractivity contribution in [3.05, 3.63) is 36.4 Å². The van der Waals surface area contributed by atoms with E-state index in [0.29, 0.717) is 42.6 Å². The van der Waals surface area contributed by atoms with Gasteiger partial charge in [-0.1, -0.05) is 26.0 Å². The summed E-state index contributed by atoms with van der Waals surface area (Å²) in [5, 5.41) is 15.9. The molecule has 7 atom stereocenters. The summed E-state index contributed by atoms with van der Waals surface area (Å²) < 4.78 is 39.8.